The van der Waals surface area contributed by atoms with Crippen LogP contribution < -0.4 is 10.6 Å². The number of carbonyl (C=O) groups excluding carboxylic acids is 1. The molecule has 0 radical (unpaired) electrons. The van der Waals surface area contributed by atoms with Gasteiger partial charge in [-0.05, 0) is 41.8 Å². The summed E-state index contributed by atoms with van der Waals surface area (Å²) in [5.74, 6) is 0.225. The summed E-state index contributed by atoms with van der Waals surface area (Å²) in [4.78, 5) is 12.1. The Morgan fingerprint density at radius 1 is 0.852 bits per heavy atom. The molecule has 2 amide bonds. The van der Waals surface area contributed by atoms with E-state index in [0.717, 1.165) is 6.42 Å². The topological polar surface area (TPSA) is 64.9 Å². The SMILES string of the molecule is N#Cc1ccc(NC(=O)NCCC(c2ccccc2)c2ccccc2)cc1. The smallest absolute Gasteiger partial charge is 0.319 e. The number of hydrogen-bond acceptors (Lipinski definition) is 2. The van der Waals surface area contributed by atoms with Crippen molar-refractivity contribution >= 4 is 11.7 Å². The van der Waals surface area contributed by atoms with Gasteiger partial charge >= 0.3 is 6.03 Å². The summed E-state index contributed by atoms with van der Waals surface area (Å²) in [5.41, 5.74) is 3.69. The fourth-order valence-electron chi connectivity index (χ4n) is 3.03. The summed E-state index contributed by atoms with van der Waals surface area (Å²) >= 11 is 0. The standard InChI is InChI=1S/C23H21N3O/c24-17-18-11-13-21(14-12-18)26-23(27)25-16-15-22(19-7-3-1-4-8-19)20-9-5-2-6-10-20/h1-14,22H,15-16H2,(H2,25,26,27). The van der Waals surface area contributed by atoms with Crippen LogP contribution >= 0.6 is 0 Å². The lowest BCUT2D eigenvalue weighted by Crippen LogP contribution is -2.30. The minimum atomic E-state index is -0.250. The number of nitrogens with zero attached hydrogens (tertiary/aromatic N) is 1. The first kappa shape index (κ1) is 18.2. The first-order valence-electron chi connectivity index (χ1n) is 8.91. The number of carbonyl (C=O) groups is 1. The Kier molecular flexibility index (Phi) is 6.21. The van der Waals surface area contributed by atoms with E-state index in [1.807, 2.05) is 36.4 Å². The second kappa shape index (κ2) is 9.21. The molecule has 0 unspecified atom stereocenters. The molecule has 0 aliphatic carbocycles. The third kappa shape index (κ3) is 5.20. The molecule has 4 heteroatoms. The highest BCUT2D eigenvalue weighted by molar-refractivity contribution is 5.89. The van der Waals surface area contributed by atoms with Crippen molar-refractivity contribution in [2.75, 3.05) is 11.9 Å². The number of anilines is 1. The van der Waals surface area contributed by atoms with E-state index >= 15 is 0 Å². The van der Waals surface area contributed by atoms with E-state index in [0.29, 0.717) is 17.8 Å². The number of urea groups is 1. The molecular weight excluding hydrogens is 334 g/mol. The predicted octanol–water partition coefficient (Wildman–Crippen LogP) is 4.90. The second-order valence-corrected chi connectivity index (χ2v) is 6.23. The molecule has 27 heavy (non-hydrogen) atoms. The van der Waals surface area contributed by atoms with E-state index < -0.39 is 0 Å². The average molecular weight is 355 g/mol. The van der Waals surface area contributed by atoms with E-state index in [1.165, 1.54) is 11.1 Å². The zero-order valence-corrected chi connectivity index (χ0v) is 14.9. The van der Waals surface area contributed by atoms with Gasteiger partial charge in [-0.1, -0.05) is 60.7 Å². The Balaban J connectivity index is 1.59. The number of hydrogen-bond donors (Lipinski definition) is 2. The Bertz CT molecular complexity index is 860. The molecule has 0 fully saturated rings. The fourth-order valence-corrected chi connectivity index (χ4v) is 3.03. The van der Waals surface area contributed by atoms with Crippen LogP contribution in [0.25, 0.3) is 0 Å². The summed E-state index contributed by atoms with van der Waals surface area (Å²) in [6.45, 7) is 0.552. The van der Waals surface area contributed by atoms with Crippen molar-refractivity contribution in [1.29, 1.82) is 5.26 Å². The van der Waals surface area contributed by atoms with Crippen molar-refractivity contribution in [3.8, 4) is 6.07 Å². The lowest BCUT2D eigenvalue weighted by Gasteiger charge is -2.18. The van der Waals surface area contributed by atoms with E-state index in [1.54, 1.807) is 24.3 Å². The lowest BCUT2D eigenvalue weighted by molar-refractivity contribution is 0.252. The highest BCUT2D eigenvalue weighted by Gasteiger charge is 2.14. The minimum Gasteiger partial charge on any atom is -0.338 e. The van der Waals surface area contributed by atoms with Crippen molar-refractivity contribution in [2.45, 2.75) is 12.3 Å². The van der Waals surface area contributed by atoms with Gasteiger partial charge < -0.3 is 10.6 Å². The van der Waals surface area contributed by atoms with Gasteiger partial charge in [-0.15, -0.1) is 0 Å². The minimum absolute atomic E-state index is 0.225. The quantitative estimate of drug-likeness (QED) is 0.660. The number of amides is 2. The summed E-state index contributed by atoms with van der Waals surface area (Å²) in [5, 5.41) is 14.5. The molecule has 0 aliphatic rings. The van der Waals surface area contributed by atoms with E-state index in [9.17, 15) is 4.79 Å². The van der Waals surface area contributed by atoms with Crippen LogP contribution in [0.4, 0.5) is 10.5 Å². The number of rotatable bonds is 6. The maximum atomic E-state index is 12.1. The lowest BCUT2D eigenvalue weighted by atomic mass is 9.88. The predicted molar refractivity (Wildman–Crippen MR) is 108 cm³/mol. The first-order chi connectivity index (χ1) is 13.3. The molecule has 2 N–H and O–H groups in total. The van der Waals surface area contributed by atoms with Gasteiger partial charge in [0, 0.05) is 18.2 Å². The molecule has 3 aromatic rings. The van der Waals surface area contributed by atoms with Crippen LogP contribution in [0.1, 0.15) is 29.0 Å². The summed E-state index contributed by atoms with van der Waals surface area (Å²) < 4.78 is 0. The fraction of sp³-hybridized carbons (Fsp3) is 0.130. The summed E-state index contributed by atoms with van der Waals surface area (Å²) in [6.07, 6.45) is 0.800. The van der Waals surface area contributed by atoms with Crippen molar-refractivity contribution in [3.63, 3.8) is 0 Å². The molecule has 3 rings (SSSR count). The Morgan fingerprint density at radius 3 is 1.93 bits per heavy atom. The van der Waals surface area contributed by atoms with Gasteiger partial charge in [-0.25, -0.2) is 4.79 Å². The summed E-state index contributed by atoms with van der Waals surface area (Å²) in [7, 11) is 0. The zero-order valence-electron chi connectivity index (χ0n) is 14.9. The molecule has 0 heterocycles. The number of nitrogens with one attached hydrogen (secondary N) is 2. The van der Waals surface area contributed by atoms with Crippen LogP contribution in [0.2, 0.25) is 0 Å². The van der Waals surface area contributed by atoms with Gasteiger partial charge in [0.25, 0.3) is 0 Å². The monoisotopic (exact) mass is 355 g/mol. The van der Waals surface area contributed by atoms with Gasteiger partial charge in [0.05, 0.1) is 11.6 Å². The van der Waals surface area contributed by atoms with Crippen molar-refractivity contribution in [1.82, 2.24) is 5.32 Å². The van der Waals surface area contributed by atoms with Crippen LogP contribution in [0.15, 0.2) is 84.9 Å². The van der Waals surface area contributed by atoms with E-state index in [-0.39, 0.29) is 11.9 Å². The maximum absolute atomic E-state index is 12.1. The molecule has 3 aromatic carbocycles. The van der Waals surface area contributed by atoms with Gasteiger partial charge in [0.2, 0.25) is 0 Å². The molecule has 0 bridgehead atoms. The van der Waals surface area contributed by atoms with Gasteiger partial charge in [-0.3, -0.25) is 0 Å². The Morgan fingerprint density at radius 2 is 1.41 bits per heavy atom. The molecule has 0 aliphatic heterocycles. The van der Waals surface area contributed by atoms with E-state index in [4.69, 9.17) is 5.26 Å². The molecular formula is C23H21N3O. The third-order valence-electron chi connectivity index (χ3n) is 4.39. The first-order valence-corrected chi connectivity index (χ1v) is 8.91. The van der Waals surface area contributed by atoms with Crippen molar-refractivity contribution in [2.24, 2.45) is 0 Å². The van der Waals surface area contributed by atoms with Gasteiger partial charge in [0.1, 0.15) is 0 Å². The van der Waals surface area contributed by atoms with Crippen molar-refractivity contribution < 1.29 is 4.79 Å². The second-order valence-electron chi connectivity index (χ2n) is 6.23. The molecule has 0 spiro atoms. The maximum Gasteiger partial charge on any atom is 0.319 e. The highest BCUT2D eigenvalue weighted by atomic mass is 16.2. The van der Waals surface area contributed by atoms with Crippen molar-refractivity contribution in [3.05, 3.63) is 102 Å². The Hall–Kier alpha value is -3.58. The highest BCUT2D eigenvalue weighted by Crippen LogP contribution is 2.27. The van der Waals surface area contributed by atoms with E-state index in [2.05, 4.69) is 41.0 Å². The Labute approximate surface area is 159 Å². The number of nitriles is 1. The average Bonchev–Trinajstić information content (AvgIpc) is 2.73. The largest absolute Gasteiger partial charge is 0.338 e. The summed E-state index contributed by atoms with van der Waals surface area (Å²) in [6, 6.07) is 29.2. The van der Waals surface area contributed by atoms with Crippen LogP contribution in [0, 0.1) is 11.3 Å². The molecule has 4 nitrogen and oxygen atoms in total. The molecule has 0 saturated carbocycles. The van der Waals surface area contributed by atoms with Gasteiger partial charge in [-0.2, -0.15) is 5.26 Å². The molecule has 0 atom stereocenters. The zero-order chi connectivity index (χ0) is 18.9. The van der Waals surface area contributed by atoms with Crippen LogP contribution in [-0.4, -0.2) is 12.6 Å². The van der Waals surface area contributed by atoms with Gasteiger partial charge in [0.15, 0.2) is 0 Å². The molecule has 0 aromatic heterocycles. The third-order valence-corrected chi connectivity index (χ3v) is 4.39. The normalized spacial score (nSPS) is 10.2. The van der Waals surface area contributed by atoms with Crippen LogP contribution in [0.3, 0.4) is 0 Å². The van der Waals surface area contributed by atoms with Crippen LogP contribution in [0.5, 0.6) is 0 Å². The molecule has 134 valence electrons. The van der Waals surface area contributed by atoms with Crippen LogP contribution in [-0.2, 0) is 0 Å². The molecule has 0 saturated heterocycles. The number of benzene rings is 3.